The lowest BCUT2D eigenvalue weighted by molar-refractivity contribution is 0.0958. The van der Waals surface area contributed by atoms with Gasteiger partial charge in [-0.3, -0.25) is 4.79 Å². The Balaban J connectivity index is 1.90. The number of aliphatic hydroxyl groups is 1. The van der Waals surface area contributed by atoms with E-state index in [1.165, 1.54) is 16.2 Å². The van der Waals surface area contributed by atoms with Crippen molar-refractivity contribution in [2.45, 2.75) is 6.42 Å². The zero-order chi connectivity index (χ0) is 14.4. The molecule has 2 aromatic heterocycles. The van der Waals surface area contributed by atoms with Crippen LogP contribution in [-0.4, -0.2) is 24.2 Å². The van der Waals surface area contributed by atoms with Crippen molar-refractivity contribution in [1.29, 1.82) is 0 Å². The summed E-state index contributed by atoms with van der Waals surface area (Å²) in [7, 11) is 0. The molecule has 0 fully saturated rings. The van der Waals surface area contributed by atoms with Crippen LogP contribution >= 0.6 is 38.6 Å². The maximum Gasteiger partial charge on any atom is 0.262 e. The summed E-state index contributed by atoms with van der Waals surface area (Å²) in [6.07, 6.45) is 0.811. The van der Waals surface area contributed by atoms with E-state index in [0.717, 1.165) is 10.2 Å². The molecule has 0 atom stereocenters. The molecular weight excluding hydrogens is 358 g/mol. The molecule has 2 N–H and O–H groups in total. The Kier molecular flexibility index (Phi) is 5.80. The molecule has 20 heavy (non-hydrogen) atoms. The Morgan fingerprint density at radius 2 is 2.25 bits per heavy atom. The number of aliphatic hydroxyl groups excluding tert-OH is 1. The van der Waals surface area contributed by atoms with Crippen LogP contribution in [0.15, 0.2) is 27.4 Å². The molecule has 0 spiro atoms. The van der Waals surface area contributed by atoms with Crippen LogP contribution in [0.3, 0.4) is 0 Å². The molecule has 0 aliphatic carbocycles. The van der Waals surface area contributed by atoms with Crippen LogP contribution < -0.4 is 5.32 Å². The van der Waals surface area contributed by atoms with Gasteiger partial charge in [0.15, 0.2) is 0 Å². The first-order valence-corrected chi connectivity index (χ1v) is 8.39. The smallest absolute Gasteiger partial charge is 0.262 e. The van der Waals surface area contributed by atoms with Gasteiger partial charge in [0.25, 0.3) is 5.91 Å². The second kappa shape index (κ2) is 7.60. The van der Waals surface area contributed by atoms with Crippen LogP contribution in [-0.2, 0) is 6.42 Å². The molecule has 3 nitrogen and oxygen atoms in total. The lowest BCUT2D eigenvalue weighted by Crippen LogP contribution is -2.25. The number of hydrogen-bond donors (Lipinski definition) is 2. The molecule has 0 radical (unpaired) electrons. The van der Waals surface area contributed by atoms with Crippen molar-refractivity contribution in [2.75, 3.05) is 13.2 Å². The van der Waals surface area contributed by atoms with Crippen molar-refractivity contribution in [2.24, 2.45) is 0 Å². The molecule has 0 saturated carbocycles. The van der Waals surface area contributed by atoms with E-state index in [1.807, 2.05) is 17.5 Å². The Morgan fingerprint density at radius 1 is 1.40 bits per heavy atom. The van der Waals surface area contributed by atoms with Crippen molar-refractivity contribution >= 4 is 44.5 Å². The molecule has 2 aromatic rings. The van der Waals surface area contributed by atoms with Crippen molar-refractivity contribution in [3.8, 4) is 11.8 Å². The van der Waals surface area contributed by atoms with Gasteiger partial charge in [-0.25, -0.2) is 0 Å². The zero-order valence-corrected chi connectivity index (χ0v) is 13.7. The maximum atomic E-state index is 12.0. The largest absolute Gasteiger partial charge is 0.384 e. The maximum absolute atomic E-state index is 12.0. The highest BCUT2D eigenvalue weighted by Gasteiger charge is 2.11. The van der Waals surface area contributed by atoms with Crippen LogP contribution in [0.25, 0.3) is 0 Å². The number of amides is 1. The normalized spacial score (nSPS) is 9.90. The molecule has 0 unspecified atom stereocenters. The minimum absolute atomic E-state index is 0.113. The molecule has 104 valence electrons. The second-order valence-electron chi connectivity index (χ2n) is 3.84. The van der Waals surface area contributed by atoms with Gasteiger partial charge in [0.1, 0.15) is 11.5 Å². The van der Waals surface area contributed by atoms with Gasteiger partial charge < -0.3 is 10.4 Å². The highest BCUT2D eigenvalue weighted by Crippen LogP contribution is 2.22. The summed E-state index contributed by atoms with van der Waals surface area (Å²) < 4.78 is 1.10. The summed E-state index contributed by atoms with van der Waals surface area (Å²) in [5, 5.41) is 13.4. The molecule has 0 saturated heterocycles. The van der Waals surface area contributed by atoms with Crippen molar-refractivity contribution in [3.05, 3.63) is 42.7 Å². The average molecular weight is 370 g/mol. The summed E-state index contributed by atoms with van der Waals surface area (Å²) in [6.45, 7) is 0.390. The first kappa shape index (κ1) is 15.3. The Hall–Kier alpha value is -1.13. The molecule has 0 aliphatic rings. The topological polar surface area (TPSA) is 49.3 Å². The molecule has 0 aromatic carbocycles. The van der Waals surface area contributed by atoms with E-state index in [0.29, 0.717) is 17.0 Å². The molecule has 6 heteroatoms. The number of halogens is 1. The summed E-state index contributed by atoms with van der Waals surface area (Å²) in [6, 6.07) is 5.84. The second-order valence-corrected chi connectivity index (χ2v) is 7.30. The number of nitrogens with one attached hydrogen (secondary N) is 1. The van der Waals surface area contributed by atoms with Crippen LogP contribution in [0.1, 0.15) is 20.1 Å². The van der Waals surface area contributed by atoms with Crippen LogP contribution in [0.5, 0.6) is 0 Å². The summed E-state index contributed by atoms with van der Waals surface area (Å²) in [5.74, 6) is 5.23. The minimum Gasteiger partial charge on any atom is -0.384 e. The van der Waals surface area contributed by atoms with Gasteiger partial charge in [-0.05, 0) is 45.9 Å². The fourth-order valence-electron chi connectivity index (χ4n) is 1.58. The van der Waals surface area contributed by atoms with Gasteiger partial charge in [0, 0.05) is 17.0 Å². The molecule has 0 bridgehead atoms. The van der Waals surface area contributed by atoms with E-state index >= 15 is 0 Å². The van der Waals surface area contributed by atoms with Crippen molar-refractivity contribution < 1.29 is 9.90 Å². The van der Waals surface area contributed by atoms with Crippen LogP contribution in [0.2, 0.25) is 0 Å². The van der Waals surface area contributed by atoms with Gasteiger partial charge in [-0.2, -0.15) is 0 Å². The van der Waals surface area contributed by atoms with E-state index in [-0.39, 0.29) is 12.5 Å². The standard InChI is InChI=1S/C14H12BrNO2S2/c15-12-4-3-11(20-12)5-7-16-14(18)13-10(2-1-8-17)6-9-19-13/h3-4,6,9,17H,5,7-8H2,(H,16,18). The molecule has 1 amide bonds. The average Bonchev–Trinajstić information content (AvgIpc) is 3.05. The van der Waals surface area contributed by atoms with E-state index in [2.05, 4.69) is 33.1 Å². The number of carbonyl (C=O) groups excluding carboxylic acids is 1. The van der Waals surface area contributed by atoms with Gasteiger partial charge in [0.05, 0.1) is 3.79 Å². The summed E-state index contributed by atoms with van der Waals surface area (Å²) in [5.41, 5.74) is 0.667. The highest BCUT2D eigenvalue weighted by molar-refractivity contribution is 9.11. The fraction of sp³-hybridized carbons (Fsp3) is 0.214. The monoisotopic (exact) mass is 369 g/mol. The Bertz CT molecular complexity index is 651. The zero-order valence-electron chi connectivity index (χ0n) is 10.5. The number of carbonyl (C=O) groups is 1. The van der Waals surface area contributed by atoms with Gasteiger partial charge in [0.2, 0.25) is 0 Å². The lowest BCUT2D eigenvalue weighted by Gasteiger charge is -2.02. The first-order chi connectivity index (χ1) is 9.70. The van der Waals surface area contributed by atoms with Gasteiger partial charge in [-0.1, -0.05) is 11.8 Å². The quantitative estimate of drug-likeness (QED) is 0.814. The molecular formula is C14H12BrNO2S2. The number of rotatable bonds is 4. The van der Waals surface area contributed by atoms with E-state index in [1.54, 1.807) is 17.4 Å². The van der Waals surface area contributed by atoms with E-state index in [4.69, 9.17) is 5.11 Å². The highest BCUT2D eigenvalue weighted by atomic mass is 79.9. The van der Waals surface area contributed by atoms with Crippen LogP contribution in [0, 0.1) is 11.8 Å². The van der Waals surface area contributed by atoms with Gasteiger partial charge >= 0.3 is 0 Å². The lowest BCUT2D eigenvalue weighted by atomic mass is 10.2. The molecule has 2 heterocycles. The van der Waals surface area contributed by atoms with Crippen molar-refractivity contribution in [1.82, 2.24) is 5.32 Å². The van der Waals surface area contributed by atoms with E-state index < -0.39 is 0 Å². The Morgan fingerprint density at radius 3 is 2.95 bits per heavy atom. The van der Waals surface area contributed by atoms with Crippen molar-refractivity contribution in [3.63, 3.8) is 0 Å². The minimum atomic E-state index is -0.204. The number of hydrogen-bond acceptors (Lipinski definition) is 4. The van der Waals surface area contributed by atoms with Gasteiger partial charge in [-0.15, -0.1) is 22.7 Å². The molecule has 2 rings (SSSR count). The predicted octanol–water partition coefficient (Wildman–Crippen LogP) is 2.89. The molecule has 0 aliphatic heterocycles. The third-order valence-electron chi connectivity index (χ3n) is 2.46. The van der Waals surface area contributed by atoms with E-state index in [9.17, 15) is 4.79 Å². The first-order valence-electron chi connectivity index (χ1n) is 5.90. The van der Waals surface area contributed by atoms with Crippen LogP contribution in [0.4, 0.5) is 0 Å². The third kappa shape index (κ3) is 4.18. The third-order valence-corrected chi connectivity index (χ3v) is 5.06. The number of thiophene rings is 2. The summed E-state index contributed by atoms with van der Waals surface area (Å²) in [4.78, 5) is 13.9. The SMILES string of the molecule is O=C(NCCc1ccc(Br)s1)c1sccc1C#CCO. The Labute approximate surface area is 133 Å². The fourth-order valence-corrected chi connectivity index (χ4v) is 3.83. The summed E-state index contributed by atoms with van der Waals surface area (Å²) >= 11 is 6.44. The predicted molar refractivity (Wildman–Crippen MR) is 86.3 cm³/mol.